The van der Waals surface area contributed by atoms with E-state index in [2.05, 4.69) is 38.7 Å². The molecule has 4 heteroatoms. The monoisotopic (exact) mass is 321 g/mol. The normalized spacial score (nSPS) is 35.8. The maximum atomic E-state index is 11.5. The molecule has 2 aromatic rings. The maximum Gasteiger partial charge on any atom is 0.167 e. The zero-order valence-corrected chi connectivity index (χ0v) is 14.6. The molecule has 4 nitrogen and oxygen atoms in total. The minimum Gasteiger partial charge on any atom is -0.368 e. The van der Waals surface area contributed by atoms with E-state index < -0.39 is 5.72 Å². The first-order valence-corrected chi connectivity index (χ1v) is 8.78. The van der Waals surface area contributed by atoms with E-state index >= 15 is 0 Å². The molecule has 0 radical (unpaired) electrons. The second-order valence-corrected chi connectivity index (χ2v) is 8.35. The van der Waals surface area contributed by atoms with Gasteiger partial charge in [0.1, 0.15) is 0 Å². The molecular formula is C20H23N3O. The third-order valence-corrected chi connectivity index (χ3v) is 6.84. The highest BCUT2D eigenvalue weighted by molar-refractivity contribution is 5.93. The summed E-state index contributed by atoms with van der Waals surface area (Å²) in [4.78, 5) is 4.59. The van der Waals surface area contributed by atoms with Gasteiger partial charge in [-0.3, -0.25) is 4.98 Å². The molecule has 4 unspecified atom stereocenters. The molecule has 2 aliphatic carbocycles. The molecule has 2 saturated carbocycles. The van der Waals surface area contributed by atoms with Gasteiger partial charge in [0.25, 0.3) is 0 Å². The second-order valence-electron chi connectivity index (χ2n) is 8.35. The zero-order valence-electron chi connectivity index (χ0n) is 14.6. The molecule has 1 aromatic heterocycles. The minimum absolute atomic E-state index is 0.142. The van der Waals surface area contributed by atoms with Crippen LogP contribution in [-0.2, 0) is 0 Å². The lowest BCUT2D eigenvalue weighted by atomic mass is 9.84. The van der Waals surface area contributed by atoms with E-state index in [1.54, 1.807) is 0 Å². The summed E-state index contributed by atoms with van der Waals surface area (Å²) in [5.74, 6) is 1.28. The summed E-state index contributed by atoms with van der Waals surface area (Å²) in [5.41, 5.74) is 3.55. The topological polar surface area (TPSA) is 48.7 Å². The summed E-state index contributed by atoms with van der Waals surface area (Å²) in [7, 11) is 0. The molecule has 24 heavy (non-hydrogen) atoms. The van der Waals surface area contributed by atoms with Crippen molar-refractivity contribution in [2.75, 3.05) is 5.01 Å². The Labute approximate surface area is 142 Å². The van der Waals surface area contributed by atoms with Gasteiger partial charge >= 0.3 is 0 Å². The largest absolute Gasteiger partial charge is 0.368 e. The standard InChI is InChI=1S/C20H23N3O/c1-11-13-7-5-6-8-15(13)21-10-16(11)23-20(24)9-14-18(19(14,3)4)17(20)12(2)22-23/h5-8,10,14,17-18,24H,9H2,1-4H3. The number of fused-ring (bicyclic) bond motifs is 4. The number of nitrogens with zero attached hydrogens (tertiary/aromatic N) is 3. The summed E-state index contributed by atoms with van der Waals surface area (Å²) in [6.45, 7) is 8.80. The third-order valence-electron chi connectivity index (χ3n) is 6.84. The van der Waals surface area contributed by atoms with Crippen molar-refractivity contribution in [3.63, 3.8) is 0 Å². The van der Waals surface area contributed by atoms with Gasteiger partial charge in [-0.1, -0.05) is 32.0 Å². The molecule has 3 aliphatic rings. The average molecular weight is 321 g/mol. The molecule has 124 valence electrons. The van der Waals surface area contributed by atoms with Crippen molar-refractivity contribution in [1.82, 2.24) is 4.98 Å². The van der Waals surface area contributed by atoms with Gasteiger partial charge in [-0.15, -0.1) is 0 Å². The third kappa shape index (κ3) is 1.53. The number of hydrogen-bond donors (Lipinski definition) is 1. The smallest absolute Gasteiger partial charge is 0.167 e. The quantitative estimate of drug-likeness (QED) is 0.871. The van der Waals surface area contributed by atoms with Gasteiger partial charge in [-0.25, -0.2) is 5.01 Å². The first-order valence-electron chi connectivity index (χ1n) is 8.78. The number of aromatic nitrogens is 1. The van der Waals surface area contributed by atoms with E-state index in [0.717, 1.165) is 34.3 Å². The van der Waals surface area contributed by atoms with Crippen molar-refractivity contribution in [1.29, 1.82) is 0 Å². The average Bonchev–Trinajstić information content (AvgIpc) is 2.84. The fourth-order valence-corrected chi connectivity index (χ4v) is 5.44. The fourth-order valence-electron chi connectivity index (χ4n) is 5.44. The summed E-state index contributed by atoms with van der Waals surface area (Å²) >= 11 is 0. The van der Waals surface area contributed by atoms with Crippen molar-refractivity contribution < 1.29 is 5.11 Å². The number of hydrogen-bond acceptors (Lipinski definition) is 4. The van der Waals surface area contributed by atoms with Crippen LogP contribution in [0.1, 0.15) is 32.8 Å². The van der Waals surface area contributed by atoms with Gasteiger partial charge in [0.15, 0.2) is 5.72 Å². The Balaban J connectivity index is 1.63. The molecule has 4 atom stereocenters. The van der Waals surface area contributed by atoms with Crippen molar-refractivity contribution in [2.45, 2.75) is 39.8 Å². The highest BCUT2D eigenvalue weighted by Crippen LogP contribution is 2.73. The predicted molar refractivity (Wildman–Crippen MR) is 95.9 cm³/mol. The summed E-state index contributed by atoms with van der Waals surface area (Å²) in [6, 6.07) is 8.15. The van der Waals surface area contributed by atoms with E-state index in [4.69, 9.17) is 5.10 Å². The van der Waals surface area contributed by atoms with Crippen molar-refractivity contribution in [3.05, 3.63) is 36.0 Å². The number of anilines is 1. The molecule has 2 heterocycles. The van der Waals surface area contributed by atoms with Crippen LogP contribution in [-0.4, -0.2) is 21.5 Å². The number of aliphatic hydroxyl groups is 1. The van der Waals surface area contributed by atoms with Crippen LogP contribution in [0.4, 0.5) is 5.69 Å². The fraction of sp³-hybridized carbons (Fsp3) is 0.500. The first-order chi connectivity index (χ1) is 11.4. The van der Waals surface area contributed by atoms with Crippen LogP contribution in [0.3, 0.4) is 0 Å². The highest BCUT2D eigenvalue weighted by atomic mass is 16.3. The van der Waals surface area contributed by atoms with Crippen LogP contribution in [0.2, 0.25) is 0 Å². The number of benzene rings is 1. The van der Waals surface area contributed by atoms with Gasteiger partial charge < -0.3 is 5.11 Å². The van der Waals surface area contributed by atoms with Gasteiger partial charge in [0.2, 0.25) is 0 Å². The van der Waals surface area contributed by atoms with Crippen molar-refractivity contribution in [3.8, 4) is 0 Å². The predicted octanol–water partition coefficient (Wildman–Crippen LogP) is 3.72. The molecule has 1 N–H and O–H groups in total. The number of hydrazone groups is 1. The summed E-state index contributed by atoms with van der Waals surface area (Å²) in [5, 5.41) is 19.3. The lowest BCUT2D eigenvalue weighted by Crippen LogP contribution is -2.48. The molecule has 0 spiro atoms. The van der Waals surface area contributed by atoms with Crippen LogP contribution in [0.25, 0.3) is 10.9 Å². The molecule has 0 amide bonds. The van der Waals surface area contributed by atoms with Crippen LogP contribution in [0.5, 0.6) is 0 Å². The Morgan fingerprint density at radius 3 is 2.75 bits per heavy atom. The SMILES string of the molecule is CC1=NN(c2cnc3ccccc3c2C)C2(O)CC3C(C12)C3(C)C. The van der Waals surface area contributed by atoms with Crippen LogP contribution >= 0.6 is 0 Å². The van der Waals surface area contributed by atoms with Gasteiger partial charge in [-0.05, 0) is 42.7 Å². The number of aryl methyl sites for hydroxylation is 1. The molecule has 0 saturated heterocycles. The van der Waals surface area contributed by atoms with Gasteiger partial charge in [0, 0.05) is 17.5 Å². The van der Waals surface area contributed by atoms with E-state index in [9.17, 15) is 5.11 Å². The Morgan fingerprint density at radius 1 is 1.21 bits per heavy atom. The van der Waals surface area contributed by atoms with Crippen molar-refractivity contribution >= 4 is 22.3 Å². The van der Waals surface area contributed by atoms with E-state index in [-0.39, 0.29) is 5.92 Å². The number of para-hydroxylation sites is 1. The number of pyridine rings is 1. The Kier molecular flexibility index (Phi) is 2.51. The van der Waals surface area contributed by atoms with Crippen LogP contribution in [0.15, 0.2) is 35.6 Å². The van der Waals surface area contributed by atoms with E-state index in [1.807, 2.05) is 29.4 Å². The van der Waals surface area contributed by atoms with Gasteiger partial charge in [-0.2, -0.15) is 5.10 Å². The lowest BCUT2D eigenvalue weighted by Gasteiger charge is -2.37. The molecule has 0 bridgehead atoms. The Bertz CT molecular complexity index is 903. The zero-order chi connectivity index (χ0) is 16.9. The Morgan fingerprint density at radius 2 is 1.96 bits per heavy atom. The highest BCUT2D eigenvalue weighted by Gasteiger charge is 2.75. The molecule has 1 aliphatic heterocycles. The minimum atomic E-state index is -0.885. The van der Waals surface area contributed by atoms with Crippen LogP contribution < -0.4 is 5.01 Å². The molecule has 1 aromatic carbocycles. The maximum absolute atomic E-state index is 11.5. The van der Waals surface area contributed by atoms with E-state index in [0.29, 0.717) is 17.3 Å². The molecular weight excluding hydrogens is 298 g/mol. The summed E-state index contributed by atoms with van der Waals surface area (Å²) < 4.78 is 0. The van der Waals surface area contributed by atoms with Crippen molar-refractivity contribution in [2.24, 2.45) is 28.3 Å². The first kappa shape index (κ1) is 14.4. The lowest BCUT2D eigenvalue weighted by molar-refractivity contribution is 0.00664. The number of rotatable bonds is 1. The Hall–Kier alpha value is -1.94. The van der Waals surface area contributed by atoms with Crippen LogP contribution in [0, 0.1) is 30.1 Å². The second kappa shape index (κ2) is 4.17. The molecule has 5 rings (SSSR count). The molecule has 2 fully saturated rings. The van der Waals surface area contributed by atoms with E-state index in [1.165, 1.54) is 0 Å². The summed E-state index contributed by atoms with van der Waals surface area (Å²) in [6.07, 6.45) is 2.66. The van der Waals surface area contributed by atoms with Gasteiger partial charge in [0.05, 0.1) is 23.3 Å².